The molecule has 3 amide bonds. The molecule has 0 fully saturated rings. The Labute approximate surface area is 231 Å². The third kappa shape index (κ3) is 20.1. The molecule has 0 unspecified atom stereocenters. The molecule has 14 nitrogen and oxygen atoms in total. The number of carboxylic acids is 1. The van der Waals surface area contributed by atoms with E-state index < -0.39 is 30.5 Å². The highest BCUT2D eigenvalue weighted by Gasteiger charge is 2.28. The average molecular weight is 556 g/mol. The predicted molar refractivity (Wildman–Crippen MR) is 150 cm³/mol. The van der Waals surface area contributed by atoms with Gasteiger partial charge >= 0.3 is 5.97 Å². The van der Waals surface area contributed by atoms with Crippen LogP contribution in [-0.2, 0) is 19.2 Å². The van der Waals surface area contributed by atoms with Crippen molar-refractivity contribution >= 4 is 35.6 Å². The van der Waals surface area contributed by atoms with Gasteiger partial charge in [-0.3, -0.25) is 30.0 Å². The second kappa shape index (κ2) is 21.4. The van der Waals surface area contributed by atoms with Crippen LogP contribution in [0.5, 0.6) is 0 Å². The van der Waals surface area contributed by atoms with Gasteiger partial charge in [0.15, 0.2) is 11.9 Å². The van der Waals surface area contributed by atoms with Crippen molar-refractivity contribution in [3.63, 3.8) is 0 Å². The minimum Gasteiger partial charge on any atom is -0.481 e. The lowest BCUT2D eigenvalue weighted by Gasteiger charge is -2.27. The molecular formula is C25H49N9O5. The molecule has 12 N–H and O–H groups in total. The molecule has 0 aromatic carbocycles. The Morgan fingerprint density at radius 3 is 1.72 bits per heavy atom. The average Bonchev–Trinajstić information content (AvgIpc) is 2.84. The van der Waals surface area contributed by atoms with Crippen LogP contribution in [-0.4, -0.2) is 66.0 Å². The normalized spacial score (nSPS) is 12.9. The minimum absolute atomic E-state index is 0.0369. The van der Waals surface area contributed by atoms with E-state index in [1.807, 2.05) is 13.8 Å². The van der Waals surface area contributed by atoms with Crippen LogP contribution < -0.4 is 38.1 Å². The molecule has 0 saturated heterocycles. The van der Waals surface area contributed by atoms with Crippen LogP contribution in [0.4, 0.5) is 0 Å². The van der Waals surface area contributed by atoms with Crippen LogP contribution in [0.3, 0.4) is 0 Å². The molecule has 0 aromatic heterocycles. The number of hydrogen-bond acceptors (Lipinski definition) is 6. The molecule has 0 aliphatic heterocycles. The summed E-state index contributed by atoms with van der Waals surface area (Å²) in [5.41, 5.74) is 10.4. The quantitative estimate of drug-likeness (QED) is 0.0384. The first-order valence-corrected chi connectivity index (χ1v) is 13.7. The van der Waals surface area contributed by atoms with E-state index in [2.05, 4.69) is 26.6 Å². The van der Waals surface area contributed by atoms with Gasteiger partial charge in [-0.1, -0.05) is 46.0 Å². The monoisotopic (exact) mass is 555 g/mol. The van der Waals surface area contributed by atoms with Gasteiger partial charge in [0.2, 0.25) is 17.7 Å². The van der Waals surface area contributed by atoms with Crippen LogP contribution in [0, 0.1) is 16.7 Å². The molecular weight excluding hydrogens is 506 g/mol. The second-order valence-corrected chi connectivity index (χ2v) is 9.67. The predicted octanol–water partition coefficient (Wildman–Crippen LogP) is 0.418. The first-order valence-electron chi connectivity index (χ1n) is 13.7. The van der Waals surface area contributed by atoms with E-state index in [1.54, 1.807) is 0 Å². The fraction of sp³-hybridized carbons (Fsp3) is 0.760. The van der Waals surface area contributed by atoms with E-state index in [1.165, 1.54) is 0 Å². The molecule has 3 atom stereocenters. The number of hydrogen-bond donors (Lipinski definition) is 10. The van der Waals surface area contributed by atoms with E-state index in [4.69, 9.17) is 22.3 Å². The summed E-state index contributed by atoms with van der Waals surface area (Å²) in [4.78, 5) is 49.2. The lowest BCUT2D eigenvalue weighted by Crippen LogP contribution is -2.56. The van der Waals surface area contributed by atoms with Crippen molar-refractivity contribution in [1.82, 2.24) is 26.6 Å². The highest BCUT2D eigenvalue weighted by atomic mass is 16.4. The summed E-state index contributed by atoms with van der Waals surface area (Å²) in [6, 6.07) is -0.878. The van der Waals surface area contributed by atoms with E-state index in [-0.39, 0.29) is 42.5 Å². The van der Waals surface area contributed by atoms with Gasteiger partial charge in [-0.2, -0.15) is 0 Å². The number of amides is 3. The van der Waals surface area contributed by atoms with Gasteiger partial charge in [-0.25, -0.2) is 0 Å². The smallest absolute Gasteiger partial charge is 0.307 e. The van der Waals surface area contributed by atoms with Crippen LogP contribution in [0.25, 0.3) is 0 Å². The van der Waals surface area contributed by atoms with Crippen LogP contribution >= 0.6 is 0 Å². The Hall–Kier alpha value is -3.58. The molecule has 0 aliphatic rings. The van der Waals surface area contributed by atoms with Crippen molar-refractivity contribution in [3.05, 3.63) is 0 Å². The summed E-state index contributed by atoms with van der Waals surface area (Å²) in [6.45, 7) is 4.82. The van der Waals surface area contributed by atoms with E-state index in [9.17, 15) is 24.3 Å². The summed E-state index contributed by atoms with van der Waals surface area (Å²) in [7, 11) is 0. The first kappa shape index (κ1) is 35.4. The molecule has 224 valence electrons. The Kier molecular flexibility index (Phi) is 19.4. The minimum atomic E-state index is -1.18. The highest BCUT2D eigenvalue weighted by Crippen LogP contribution is 2.10. The number of guanidine groups is 2. The van der Waals surface area contributed by atoms with Gasteiger partial charge in [0.1, 0.15) is 12.2 Å². The maximum absolute atomic E-state index is 13.0. The molecule has 0 radical (unpaired) electrons. The zero-order valence-corrected chi connectivity index (χ0v) is 23.4. The molecule has 0 heterocycles. The highest BCUT2D eigenvalue weighted by molar-refractivity contribution is 5.88. The maximum Gasteiger partial charge on any atom is 0.307 e. The topological polar surface area (TPSA) is 248 Å². The van der Waals surface area contributed by atoms with Crippen molar-refractivity contribution in [3.8, 4) is 0 Å². The molecule has 0 spiro atoms. The SMILES string of the molecule is CC[C@@H](C)[C@@H](NC(=O)CCCCNC(=N)N)C(=O)N[C@H](CC(=O)O)NC(=O)CCCCCCCCNC(=N)N. The molecule has 0 aromatic rings. The zero-order valence-electron chi connectivity index (χ0n) is 23.4. The van der Waals surface area contributed by atoms with Crippen molar-refractivity contribution in [1.29, 1.82) is 10.8 Å². The summed E-state index contributed by atoms with van der Waals surface area (Å²) in [6.07, 6.45) is 5.90. The standard InChI is InChI=1S/C25H49N9O5/c1-3-17(2)22(34-20(36)13-9-11-15-31-25(28)29)23(39)33-18(16-21(37)38)32-19(35)12-8-6-4-5-7-10-14-30-24(26)27/h17-18,22H,3-16H2,1-2H3,(H,32,35)(H,33,39)(H,34,36)(H,37,38)(H4,26,27,30)(H4,28,29,31)/t17-,18-,22-/m1/s1. The lowest BCUT2D eigenvalue weighted by atomic mass is 9.97. The third-order valence-corrected chi connectivity index (χ3v) is 6.13. The number of rotatable bonds is 22. The lowest BCUT2D eigenvalue weighted by molar-refractivity contribution is -0.138. The number of unbranched alkanes of at least 4 members (excludes halogenated alkanes) is 6. The van der Waals surface area contributed by atoms with E-state index in [0.29, 0.717) is 38.8 Å². The van der Waals surface area contributed by atoms with Gasteiger partial charge in [-0.15, -0.1) is 0 Å². The maximum atomic E-state index is 13.0. The van der Waals surface area contributed by atoms with E-state index in [0.717, 1.165) is 32.1 Å². The van der Waals surface area contributed by atoms with Crippen molar-refractivity contribution < 1.29 is 24.3 Å². The fourth-order valence-corrected chi connectivity index (χ4v) is 3.76. The van der Waals surface area contributed by atoms with Gasteiger partial charge < -0.3 is 43.2 Å². The van der Waals surface area contributed by atoms with Crippen molar-refractivity contribution in [2.75, 3.05) is 13.1 Å². The molecule has 0 bridgehead atoms. The molecule has 39 heavy (non-hydrogen) atoms. The van der Waals surface area contributed by atoms with Crippen LogP contribution in [0.15, 0.2) is 0 Å². The first-order chi connectivity index (χ1) is 18.5. The fourth-order valence-electron chi connectivity index (χ4n) is 3.76. The molecule has 0 rings (SSSR count). The van der Waals surface area contributed by atoms with E-state index >= 15 is 0 Å². The second-order valence-electron chi connectivity index (χ2n) is 9.67. The summed E-state index contributed by atoms with van der Waals surface area (Å²) in [5, 5.41) is 36.8. The summed E-state index contributed by atoms with van der Waals surface area (Å²) >= 11 is 0. The summed E-state index contributed by atoms with van der Waals surface area (Å²) in [5.74, 6) is -2.78. The van der Waals surface area contributed by atoms with Crippen LogP contribution in [0.2, 0.25) is 0 Å². The molecule has 0 saturated carbocycles. The number of nitrogens with one attached hydrogen (secondary N) is 7. The Morgan fingerprint density at radius 2 is 1.21 bits per heavy atom. The number of aliphatic carboxylic acids is 1. The Morgan fingerprint density at radius 1 is 0.744 bits per heavy atom. The number of nitrogens with two attached hydrogens (primary N) is 2. The summed E-state index contributed by atoms with van der Waals surface area (Å²) < 4.78 is 0. The van der Waals surface area contributed by atoms with Gasteiger partial charge in [-0.05, 0) is 31.6 Å². The Bertz CT molecular complexity index is 794. The number of carboxylic acid groups (broad SMARTS) is 1. The van der Waals surface area contributed by atoms with Crippen molar-refractivity contribution in [2.24, 2.45) is 17.4 Å². The Balaban J connectivity index is 4.66. The zero-order chi connectivity index (χ0) is 29.6. The van der Waals surface area contributed by atoms with Crippen LogP contribution in [0.1, 0.15) is 90.9 Å². The number of carbonyl (C=O) groups is 4. The molecule has 14 heteroatoms. The van der Waals surface area contributed by atoms with Gasteiger partial charge in [0.05, 0.1) is 6.42 Å². The van der Waals surface area contributed by atoms with Gasteiger partial charge in [0, 0.05) is 25.9 Å². The number of carbonyl (C=O) groups excluding carboxylic acids is 3. The third-order valence-electron chi connectivity index (χ3n) is 6.13. The van der Waals surface area contributed by atoms with Crippen molar-refractivity contribution in [2.45, 2.75) is 103 Å². The largest absolute Gasteiger partial charge is 0.481 e. The molecule has 0 aliphatic carbocycles. The van der Waals surface area contributed by atoms with Gasteiger partial charge in [0.25, 0.3) is 0 Å².